The van der Waals surface area contributed by atoms with E-state index in [9.17, 15) is 18.0 Å². The molecule has 174 valence electrons. The minimum atomic E-state index is -3.64. The van der Waals surface area contributed by atoms with Gasteiger partial charge in [0.05, 0.1) is 20.0 Å². The van der Waals surface area contributed by atoms with Crippen LogP contribution in [0.4, 0.5) is 0 Å². The van der Waals surface area contributed by atoms with E-state index in [0.29, 0.717) is 35.4 Å². The van der Waals surface area contributed by atoms with Gasteiger partial charge in [0.2, 0.25) is 10.0 Å². The number of amides is 1. The maximum atomic E-state index is 12.9. The summed E-state index contributed by atoms with van der Waals surface area (Å²) in [5, 5.41) is 3.12. The summed E-state index contributed by atoms with van der Waals surface area (Å²) in [7, 11) is -0.555. The molecule has 2 aromatic carbocycles. The first-order valence-corrected chi connectivity index (χ1v) is 12.0. The molecule has 1 aromatic heterocycles. The van der Waals surface area contributed by atoms with Crippen molar-refractivity contribution in [3.8, 4) is 11.5 Å². The second kappa shape index (κ2) is 9.24. The van der Waals surface area contributed by atoms with Gasteiger partial charge in [0, 0.05) is 25.0 Å². The topological polar surface area (TPSA) is 115 Å². The second-order valence-corrected chi connectivity index (χ2v) is 9.71. The average Bonchev–Trinajstić information content (AvgIpc) is 2.82. The third kappa shape index (κ3) is 4.71. The number of carbonyl (C=O) groups excluding carboxylic acids is 1. The molecule has 3 aromatic rings. The van der Waals surface area contributed by atoms with Gasteiger partial charge >= 0.3 is 5.63 Å². The molecule has 0 atom stereocenters. The lowest BCUT2D eigenvalue weighted by Gasteiger charge is -2.29. The average molecular weight is 473 g/mol. The molecule has 0 fully saturated rings. The number of nitrogens with one attached hydrogen (secondary N) is 1. The lowest BCUT2D eigenvalue weighted by molar-refractivity contribution is 0.0952. The van der Waals surface area contributed by atoms with Crippen molar-refractivity contribution in [3.05, 3.63) is 69.6 Å². The molecule has 0 spiro atoms. The van der Waals surface area contributed by atoms with Crippen LogP contribution in [0.1, 0.15) is 21.5 Å². The minimum Gasteiger partial charge on any atom is -0.493 e. The van der Waals surface area contributed by atoms with E-state index in [-0.39, 0.29) is 24.4 Å². The summed E-state index contributed by atoms with van der Waals surface area (Å²) >= 11 is 0. The highest BCUT2D eigenvalue weighted by Gasteiger charge is 2.28. The highest BCUT2D eigenvalue weighted by Crippen LogP contribution is 2.33. The van der Waals surface area contributed by atoms with Crippen molar-refractivity contribution in [2.45, 2.75) is 13.0 Å². The van der Waals surface area contributed by atoms with Crippen molar-refractivity contribution in [3.63, 3.8) is 0 Å². The molecule has 1 N–H and O–H groups in total. The van der Waals surface area contributed by atoms with E-state index in [1.54, 1.807) is 37.4 Å². The number of hydrogen-bond donors (Lipinski definition) is 1. The number of sulfonamides is 1. The van der Waals surface area contributed by atoms with Crippen LogP contribution < -0.4 is 20.4 Å². The van der Waals surface area contributed by atoms with Crippen molar-refractivity contribution < 1.29 is 27.1 Å². The molecular formula is C23H24N2O7S. The zero-order valence-electron chi connectivity index (χ0n) is 18.3. The van der Waals surface area contributed by atoms with Gasteiger partial charge in [0.1, 0.15) is 11.1 Å². The van der Waals surface area contributed by atoms with Gasteiger partial charge in [-0.15, -0.1) is 0 Å². The Morgan fingerprint density at radius 1 is 1.09 bits per heavy atom. The Kier molecular flexibility index (Phi) is 6.39. The Morgan fingerprint density at radius 2 is 1.79 bits per heavy atom. The summed E-state index contributed by atoms with van der Waals surface area (Å²) in [6, 6.07) is 11.9. The maximum Gasteiger partial charge on any atom is 0.349 e. The van der Waals surface area contributed by atoms with E-state index < -0.39 is 21.6 Å². The van der Waals surface area contributed by atoms with Crippen LogP contribution in [0, 0.1) is 0 Å². The first kappa shape index (κ1) is 22.8. The number of fused-ring (bicyclic) bond motifs is 2. The third-order valence-electron chi connectivity index (χ3n) is 5.61. The lowest BCUT2D eigenvalue weighted by atomic mass is 10.0. The molecule has 0 aliphatic carbocycles. The first-order chi connectivity index (χ1) is 15.8. The molecular weight excluding hydrogens is 448 g/mol. The van der Waals surface area contributed by atoms with Crippen LogP contribution in [-0.4, -0.2) is 51.7 Å². The number of hydrogen-bond acceptors (Lipinski definition) is 7. The quantitative estimate of drug-likeness (QED) is 0.523. The molecule has 0 saturated heterocycles. The molecule has 2 heterocycles. The predicted octanol–water partition coefficient (Wildman–Crippen LogP) is 1.93. The van der Waals surface area contributed by atoms with E-state index in [1.807, 2.05) is 6.07 Å². The Morgan fingerprint density at radius 3 is 2.52 bits per heavy atom. The molecule has 1 amide bonds. The normalized spacial score (nSPS) is 14.0. The first-order valence-electron chi connectivity index (χ1n) is 10.3. The summed E-state index contributed by atoms with van der Waals surface area (Å²) in [5.41, 5.74) is 1.29. The standard InChI is InChI=1S/C23H24N2O7S/c1-30-20-12-15-7-9-25(14-17(15)13-21(20)31-2)33(28,29)10-8-24-22(26)18-11-16-5-3-4-6-19(16)32-23(18)27/h3-6,11-13H,7-10,14H2,1-2H3,(H,24,26). The molecule has 1 aliphatic heterocycles. The Labute approximate surface area is 191 Å². The molecule has 9 nitrogen and oxygen atoms in total. The molecule has 0 unspecified atom stereocenters. The minimum absolute atomic E-state index is 0.136. The largest absolute Gasteiger partial charge is 0.493 e. The van der Waals surface area contributed by atoms with Crippen LogP contribution in [0.2, 0.25) is 0 Å². The number of rotatable bonds is 7. The van der Waals surface area contributed by atoms with E-state index in [4.69, 9.17) is 13.9 Å². The van der Waals surface area contributed by atoms with Gasteiger partial charge < -0.3 is 19.2 Å². The van der Waals surface area contributed by atoms with Crippen molar-refractivity contribution in [2.24, 2.45) is 0 Å². The number of para-hydroxylation sites is 1. The van der Waals surface area contributed by atoms with Crippen molar-refractivity contribution in [1.29, 1.82) is 0 Å². The van der Waals surface area contributed by atoms with E-state index in [0.717, 1.165) is 11.1 Å². The Hall–Kier alpha value is -3.37. The molecule has 10 heteroatoms. The zero-order valence-corrected chi connectivity index (χ0v) is 19.1. The van der Waals surface area contributed by atoms with Crippen molar-refractivity contribution in [2.75, 3.05) is 33.1 Å². The summed E-state index contributed by atoms with van der Waals surface area (Å²) < 4.78 is 42.9. The lowest BCUT2D eigenvalue weighted by Crippen LogP contribution is -2.40. The number of benzene rings is 2. The van der Waals surface area contributed by atoms with Crippen LogP contribution in [0.15, 0.2) is 51.7 Å². The third-order valence-corrected chi connectivity index (χ3v) is 7.43. The van der Waals surface area contributed by atoms with Crippen LogP contribution in [-0.2, 0) is 23.0 Å². The Bertz CT molecular complexity index is 1360. The van der Waals surface area contributed by atoms with Gasteiger partial charge in [0.15, 0.2) is 11.5 Å². The number of ether oxygens (including phenoxy) is 2. The number of carbonyl (C=O) groups is 1. The summed E-state index contributed by atoms with van der Waals surface area (Å²) in [5.74, 6) is 0.177. The smallest absolute Gasteiger partial charge is 0.349 e. The monoisotopic (exact) mass is 472 g/mol. The van der Waals surface area contributed by atoms with E-state index >= 15 is 0 Å². The summed E-state index contributed by atoms with van der Waals surface area (Å²) in [6.07, 6.45) is 0.541. The summed E-state index contributed by atoms with van der Waals surface area (Å²) in [4.78, 5) is 24.6. The highest BCUT2D eigenvalue weighted by molar-refractivity contribution is 7.89. The number of methoxy groups -OCH3 is 2. The number of nitrogens with zero attached hydrogens (tertiary/aromatic N) is 1. The van der Waals surface area contributed by atoms with Crippen LogP contribution in [0.5, 0.6) is 11.5 Å². The zero-order chi connectivity index (χ0) is 23.6. The Balaban J connectivity index is 1.41. The van der Waals surface area contributed by atoms with Gasteiger partial charge in [-0.1, -0.05) is 18.2 Å². The molecule has 0 bridgehead atoms. The summed E-state index contributed by atoms with van der Waals surface area (Å²) in [6.45, 7) is 0.399. The molecule has 33 heavy (non-hydrogen) atoms. The van der Waals surface area contributed by atoms with Crippen molar-refractivity contribution >= 4 is 26.9 Å². The molecule has 4 rings (SSSR count). The molecule has 0 radical (unpaired) electrons. The van der Waals surface area contributed by atoms with Crippen molar-refractivity contribution in [1.82, 2.24) is 9.62 Å². The second-order valence-electron chi connectivity index (χ2n) is 7.62. The fourth-order valence-corrected chi connectivity index (χ4v) is 5.16. The van der Waals surface area contributed by atoms with Crippen LogP contribution >= 0.6 is 0 Å². The van der Waals surface area contributed by atoms with E-state index in [1.165, 1.54) is 17.5 Å². The van der Waals surface area contributed by atoms with Crippen LogP contribution in [0.25, 0.3) is 11.0 Å². The fraction of sp³-hybridized carbons (Fsp3) is 0.304. The predicted molar refractivity (Wildman–Crippen MR) is 122 cm³/mol. The maximum absolute atomic E-state index is 12.9. The van der Waals surface area contributed by atoms with Gasteiger partial charge in [-0.05, 0) is 41.8 Å². The van der Waals surface area contributed by atoms with E-state index in [2.05, 4.69) is 5.32 Å². The van der Waals surface area contributed by atoms with Gasteiger partial charge in [-0.2, -0.15) is 4.31 Å². The van der Waals surface area contributed by atoms with Crippen LogP contribution in [0.3, 0.4) is 0 Å². The van der Waals surface area contributed by atoms with Gasteiger partial charge in [0.25, 0.3) is 5.91 Å². The SMILES string of the molecule is COc1cc2c(cc1OC)CN(S(=O)(=O)CCNC(=O)c1cc3ccccc3oc1=O)CC2. The van der Waals surface area contributed by atoms with Gasteiger partial charge in [-0.3, -0.25) is 4.79 Å². The molecule has 0 saturated carbocycles. The molecule has 1 aliphatic rings. The highest BCUT2D eigenvalue weighted by atomic mass is 32.2. The fourth-order valence-electron chi connectivity index (χ4n) is 3.83. The van der Waals surface area contributed by atoms with Gasteiger partial charge in [-0.25, -0.2) is 13.2 Å².